The summed E-state index contributed by atoms with van der Waals surface area (Å²) >= 11 is 8.28. The number of ketones is 1. The first kappa shape index (κ1) is 21.0. The maximum Gasteiger partial charge on any atom is 0.231 e. The van der Waals surface area contributed by atoms with Crippen LogP contribution in [0.25, 0.3) is 11.4 Å². The van der Waals surface area contributed by atoms with Crippen LogP contribution in [-0.2, 0) is 0 Å². The SMILES string of the molecule is Cc1cc(C(=O)CSc2nn(-c3ccccc3)c(=S)s2)c(C)n1-c1ccc2c(c1)OCO2. The molecule has 1 aliphatic rings. The number of benzene rings is 2. The minimum absolute atomic E-state index is 0.0578. The number of rotatable bonds is 6. The first-order valence-electron chi connectivity index (χ1n) is 9.92. The van der Waals surface area contributed by atoms with Gasteiger partial charge < -0.3 is 14.0 Å². The number of hydrogen-bond acceptors (Lipinski definition) is 7. The molecule has 5 rings (SSSR count). The average molecular weight is 482 g/mol. The van der Waals surface area contributed by atoms with Crippen molar-refractivity contribution in [3.8, 4) is 22.9 Å². The van der Waals surface area contributed by atoms with E-state index in [1.54, 1.807) is 4.68 Å². The zero-order valence-corrected chi connectivity index (χ0v) is 19.9. The number of carbonyl (C=O) groups excluding carboxylic acids is 1. The molecule has 2 aromatic carbocycles. The summed E-state index contributed by atoms with van der Waals surface area (Å²) in [7, 11) is 0. The smallest absolute Gasteiger partial charge is 0.231 e. The van der Waals surface area contributed by atoms with Gasteiger partial charge in [-0.05, 0) is 56.4 Å². The lowest BCUT2D eigenvalue weighted by atomic mass is 10.2. The summed E-state index contributed by atoms with van der Waals surface area (Å²) < 4.78 is 16.1. The van der Waals surface area contributed by atoms with Crippen LogP contribution in [0.4, 0.5) is 0 Å². The highest BCUT2D eigenvalue weighted by molar-refractivity contribution is 8.01. The first-order chi connectivity index (χ1) is 15.5. The Morgan fingerprint density at radius 2 is 1.88 bits per heavy atom. The van der Waals surface area contributed by atoms with Crippen LogP contribution in [-0.4, -0.2) is 32.7 Å². The van der Waals surface area contributed by atoms with Gasteiger partial charge in [-0.1, -0.05) is 41.3 Å². The Bertz CT molecular complexity index is 1370. The van der Waals surface area contributed by atoms with Crippen LogP contribution < -0.4 is 9.47 Å². The highest BCUT2D eigenvalue weighted by atomic mass is 32.2. The largest absolute Gasteiger partial charge is 0.454 e. The second kappa shape index (κ2) is 8.57. The first-order valence-corrected chi connectivity index (χ1v) is 12.1. The summed E-state index contributed by atoms with van der Waals surface area (Å²) in [6.07, 6.45) is 0. The number of thioether (sulfide) groups is 1. The summed E-state index contributed by atoms with van der Waals surface area (Å²) in [5.41, 5.74) is 4.45. The van der Waals surface area contributed by atoms with Gasteiger partial charge >= 0.3 is 0 Å². The van der Waals surface area contributed by atoms with Crippen molar-refractivity contribution in [2.75, 3.05) is 12.5 Å². The molecule has 32 heavy (non-hydrogen) atoms. The molecule has 2 aromatic heterocycles. The zero-order chi connectivity index (χ0) is 22.2. The minimum atomic E-state index is 0.0578. The van der Waals surface area contributed by atoms with E-state index >= 15 is 0 Å². The van der Waals surface area contributed by atoms with Crippen molar-refractivity contribution in [3.05, 3.63) is 75.5 Å². The third-order valence-corrected chi connectivity index (χ3v) is 7.57. The van der Waals surface area contributed by atoms with Gasteiger partial charge in [0.1, 0.15) is 0 Å². The van der Waals surface area contributed by atoms with Crippen molar-refractivity contribution in [3.63, 3.8) is 0 Å². The maximum atomic E-state index is 13.0. The molecule has 0 unspecified atom stereocenters. The standard InChI is InChI=1S/C23H19N3O3S3/c1-14-10-18(15(2)25(14)17-8-9-20-21(11-17)29-13-28-20)19(27)12-31-22-24-26(23(30)32-22)16-6-4-3-5-7-16/h3-11H,12-13H2,1-2H3. The quantitative estimate of drug-likeness (QED) is 0.198. The van der Waals surface area contributed by atoms with E-state index in [-0.39, 0.29) is 12.6 Å². The van der Waals surface area contributed by atoms with Gasteiger partial charge in [0.15, 0.2) is 25.6 Å². The molecule has 0 amide bonds. The summed E-state index contributed by atoms with van der Waals surface area (Å²) in [5.74, 6) is 1.81. The number of para-hydroxylation sites is 1. The summed E-state index contributed by atoms with van der Waals surface area (Å²) in [4.78, 5) is 13.0. The van der Waals surface area contributed by atoms with E-state index in [1.165, 1.54) is 23.1 Å². The minimum Gasteiger partial charge on any atom is -0.454 e. The molecule has 6 nitrogen and oxygen atoms in total. The molecule has 0 radical (unpaired) electrons. The predicted octanol–water partition coefficient (Wildman–Crippen LogP) is 5.77. The second-order valence-electron chi connectivity index (χ2n) is 7.25. The summed E-state index contributed by atoms with van der Waals surface area (Å²) in [5, 5.41) is 4.58. The van der Waals surface area contributed by atoms with Gasteiger partial charge in [-0.3, -0.25) is 4.79 Å². The Labute approximate surface area is 198 Å². The molecule has 0 saturated carbocycles. The fourth-order valence-corrected chi connectivity index (χ4v) is 5.97. The molecule has 0 fully saturated rings. The van der Waals surface area contributed by atoms with Gasteiger partial charge in [-0.25, -0.2) is 4.68 Å². The second-order valence-corrected chi connectivity index (χ2v) is 10.1. The Hall–Kier alpha value is -2.88. The molecule has 162 valence electrons. The van der Waals surface area contributed by atoms with Gasteiger partial charge in [0, 0.05) is 28.7 Å². The molecule has 0 bridgehead atoms. The fraction of sp³-hybridized carbons (Fsp3) is 0.174. The Morgan fingerprint density at radius 3 is 2.69 bits per heavy atom. The van der Waals surface area contributed by atoms with Gasteiger partial charge in [0.2, 0.25) is 6.79 Å². The zero-order valence-electron chi connectivity index (χ0n) is 17.4. The number of fused-ring (bicyclic) bond motifs is 1. The van der Waals surface area contributed by atoms with Crippen molar-refractivity contribution in [2.24, 2.45) is 0 Å². The molecule has 1 aliphatic heterocycles. The summed E-state index contributed by atoms with van der Waals surface area (Å²) in [6, 6.07) is 17.5. The maximum absolute atomic E-state index is 13.0. The van der Waals surface area contributed by atoms with Crippen molar-refractivity contribution in [2.45, 2.75) is 18.2 Å². The topological polar surface area (TPSA) is 58.3 Å². The molecular formula is C23H19N3O3S3. The van der Waals surface area contributed by atoms with Crippen LogP contribution in [0.3, 0.4) is 0 Å². The van der Waals surface area contributed by atoms with E-state index in [4.69, 9.17) is 21.7 Å². The molecule has 0 atom stereocenters. The number of carbonyl (C=O) groups is 1. The third kappa shape index (κ3) is 3.87. The molecule has 0 spiro atoms. The Balaban J connectivity index is 1.35. The van der Waals surface area contributed by atoms with Crippen LogP contribution in [0.2, 0.25) is 0 Å². The molecule has 4 aromatic rings. The van der Waals surface area contributed by atoms with E-state index in [0.717, 1.165) is 32.9 Å². The Morgan fingerprint density at radius 1 is 1.09 bits per heavy atom. The van der Waals surface area contributed by atoms with Gasteiger partial charge in [0.25, 0.3) is 0 Å². The monoisotopic (exact) mass is 481 g/mol. The molecule has 9 heteroatoms. The molecule has 0 saturated heterocycles. The summed E-state index contributed by atoms with van der Waals surface area (Å²) in [6.45, 7) is 4.19. The normalized spacial score (nSPS) is 12.3. The number of nitrogens with zero attached hydrogens (tertiary/aromatic N) is 3. The Kier molecular flexibility index (Phi) is 5.62. The highest BCUT2D eigenvalue weighted by Crippen LogP contribution is 2.35. The van der Waals surface area contributed by atoms with Crippen LogP contribution >= 0.6 is 35.3 Å². The van der Waals surface area contributed by atoms with Gasteiger partial charge in [0.05, 0.1) is 11.4 Å². The fourth-order valence-electron chi connectivity index (χ4n) is 3.72. The molecule has 0 N–H and O–H groups in total. The lowest BCUT2D eigenvalue weighted by Gasteiger charge is -2.10. The number of aromatic nitrogens is 3. The molecular weight excluding hydrogens is 462 g/mol. The molecule has 3 heterocycles. The third-order valence-electron chi connectivity index (χ3n) is 5.20. The highest BCUT2D eigenvalue weighted by Gasteiger charge is 2.20. The van der Waals surface area contributed by atoms with Crippen LogP contribution in [0.5, 0.6) is 11.5 Å². The van der Waals surface area contributed by atoms with E-state index < -0.39 is 0 Å². The van der Waals surface area contributed by atoms with Crippen LogP contribution in [0.15, 0.2) is 58.9 Å². The van der Waals surface area contributed by atoms with Crippen molar-refractivity contribution >= 4 is 41.1 Å². The van der Waals surface area contributed by atoms with E-state index in [2.05, 4.69) is 9.67 Å². The van der Waals surface area contributed by atoms with Gasteiger partial charge in [-0.15, -0.1) is 5.10 Å². The van der Waals surface area contributed by atoms with Crippen LogP contribution in [0, 0.1) is 17.8 Å². The number of aryl methyl sites for hydroxylation is 1. The number of ether oxygens (including phenoxy) is 2. The van der Waals surface area contributed by atoms with Gasteiger partial charge in [-0.2, -0.15) is 0 Å². The lowest BCUT2D eigenvalue weighted by Crippen LogP contribution is -2.05. The van der Waals surface area contributed by atoms with E-state index in [0.29, 0.717) is 21.0 Å². The predicted molar refractivity (Wildman–Crippen MR) is 129 cm³/mol. The van der Waals surface area contributed by atoms with Crippen molar-refractivity contribution < 1.29 is 14.3 Å². The van der Waals surface area contributed by atoms with E-state index in [1.807, 2.05) is 68.4 Å². The average Bonchev–Trinajstić information content (AvgIpc) is 3.49. The van der Waals surface area contributed by atoms with Crippen molar-refractivity contribution in [1.29, 1.82) is 0 Å². The van der Waals surface area contributed by atoms with Crippen LogP contribution in [0.1, 0.15) is 21.7 Å². The van der Waals surface area contributed by atoms with E-state index in [9.17, 15) is 4.79 Å². The molecule has 0 aliphatic carbocycles. The number of hydrogen-bond donors (Lipinski definition) is 0. The number of Topliss-reactive ketones (excluding diaryl/α,β-unsaturated/α-hetero) is 1. The van der Waals surface area contributed by atoms with Crippen molar-refractivity contribution in [1.82, 2.24) is 14.3 Å². The lowest BCUT2D eigenvalue weighted by molar-refractivity contribution is 0.102.